The van der Waals surface area contributed by atoms with Crippen LogP contribution in [0.2, 0.25) is 5.02 Å². The molecule has 0 spiro atoms. The van der Waals surface area contributed by atoms with E-state index >= 15 is 0 Å². The Labute approximate surface area is 160 Å². The Morgan fingerprint density at radius 3 is 2.27 bits per heavy atom. The second kappa shape index (κ2) is 8.28. The molecular weight excluding hydrogens is 344 g/mol. The fourth-order valence-corrected chi connectivity index (χ4v) is 3.18. The maximum absolute atomic E-state index is 5.97. The zero-order chi connectivity index (χ0) is 18.5. The van der Waals surface area contributed by atoms with Gasteiger partial charge in [-0.2, -0.15) is 0 Å². The molecule has 0 aliphatic rings. The lowest BCUT2D eigenvalue weighted by Crippen LogP contribution is -2.21. The monoisotopic (exact) mass is 368 g/mol. The molecule has 0 fully saturated rings. The van der Waals surface area contributed by atoms with Crippen molar-refractivity contribution in [3.05, 3.63) is 65.3 Å². The van der Waals surface area contributed by atoms with Gasteiger partial charge in [-0.05, 0) is 49.2 Å². The second-order valence-electron chi connectivity index (χ2n) is 6.23. The minimum atomic E-state index is 0.738. The van der Waals surface area contributed by atoms with Crippen molar-refractivity contribution in [1.29, 1.82) is 0 Å². The van der Waals surface area contributed by atoms with E-state index in [1.165, 1.54) is 11.3 Å². The molecule has 0 saturated heterocycles. The molecule has 1 heterocycles. The van der Waals surface area contributed by atoms with Crippen LogP contribution in [-0.4, -0.2) is 22.6 Å². The number of nitrogens with zero attached hydrogens (tertiary/aromatic N) is 3. The fraction of sp³-hybridized carbons (Fsp3) is 0.286. The summed E-state index contributed by atoms with van der Waals surface area (Å²) in [4.78, 5) is 6.85. The Kier molecular flexibility index (Phi) is 5.84. The number of anilines is 2. The highest BCUT2D eigenvalue weighted by atomic mass is 35.5. The molecule has 3 aromatic rings. The molecular formula is C21H25ClN4. The van der Waals surface area contributed by atoms with Gasteiger partial charge < -0.3 is 14.8 Å². The molecule has 0 saturated carbocycles. The van der Waals surface area contributed by atoms with Crippen molar-refractivity contribution in [3.8, 4) is 11.3 Å². The van der Waals surface area contributed by atoms with Crippen LogP contribution in [0.15, 0.2) is 54.7 Å². The van der Waals surface area contributed by atoms with Gasteiger partial charge in [0.1, 0.15) is 0 Å². The molecule has 4 nitrogen and oxygen atoms in total. The van der Waals surface area contributed by atoms with Crippen molar-refractivity contribution < 1.29 is 0 Å². The maximum atomic E-state index is 5.97. The molecule has 0 atom stereocenters. The second-order valence-corrected chi connectivity index (χ2v) is 6.66. The van der Waals surface area contributed by atoms with Crippen molar-refractivity contribution in [3.63, 3.8) is 0 Å². The Balaban J connectivity index is 1.68. The fourth-order valence-electron chi connectivity index (χ4n) is 3.06. The van der Waals surface area contributed by atoms with Gasteiger partial charge >= 0.3 is 0 Å². The lowest BCUT2D eigenvalue weighted by molar-refractivity contribution is 0.865. The van der Waals surface area contributed by atoms with Crippen LogP contribution in [0, 0.1) is 0 Å². The highest BCUT2D eigenvalue weighted by molar-refractivity contribution is 6.30. The van der Waals surface area contributed by atoms with Crippen molar-refractivity contribution in [2.75, 3.05) is 23.3 Å². The molecule has 5 heteroatoms. The maximum Gasteiger partial charge on any atom is 0.203 e. The van der Waals surface area contributed by atoms with E-state index in [1.807, 2.05) is 37.5 Å². The number of nitrogens with one attached hydrogen (secondary N) is 1. The van der Waals surface area contributed by atoms with Crippen LogP contribution in [0.25, 0.3) is 11.3 Å². The van der Waals surface area contributed by atoms with Crippen LogP contribution in [0.1, 0.15) is 19.4 Å². The summed E-state index contributed by atoms with van der Waals surface area (Å²) in [5.74, 6) is 0.850. The largest absolute Gasteiger partial charge is 0.372 e. The SMILES string of the molecule is CCN(CC)c1ccc(CNc2ncc(-c3ccc(Cl)cc3)n2C)cc1. The quantitative estimate of drug-likeness (QED) is 0.622. The molecule has 0 aliphatic carbocycles. The van der Waals surface area contributed by atoms with E-state index in [4.69, 9.17) is 11.6 Å². The Hall–Kier alpha value is -2.46. The van der Waals surface area contributed by atoms with Crippen LogP contribution in [0.3, 0.4) is 0 Å². The van der Waals surface area contributed by atoms with E-state index < -0.39 is 0 Å². The molecule has 0 aliphatic heterocycles. The summed E-state index contributed by atoms with van der Waals surface area (Å²) in [5.41, 5.74) is 4.65. The molecule has 0 unspecified atom stereocenters. The summed E-state index contributed by atoms with van der Waals surface area (Å²) in [6.07, 6.45) is 1.88. The minimum Gasteiger partial charge on any atom is -0.372 e. The van der Waals surface area contributed by atoms with E-state index in [2.05, 4.69) is 57.9 Å². The predicted octanol–water partition coefficient (Wildman–Crippen LogP) is 5.20. The number of hydrogen-bond donors (Lipinski definition) is 1. The molecule has 1 aromatic heterocycles. The van der Waals surface area contributed by atoms with Gasteiger partial charge in [0.2, 0.25) is 5.95 Å². The zero-order valence-corrected chi connectivity index (χ0v) is 16.3. The molecule has 136 valence electrons. The number of aromatic nitrogens is 2. The first-order valence-electron chi connectivity index (χ1n) is 8.97. The van der Waals surface area contributed by atoms with Gasteiger partial charge in [-0.15, -0.1) is 0 Å². The smallest absolute Gasteiger partial charge is 0.203 e. The van der Waals surface area contributed by atoms with Crippen LogP contribution >= 0.6 is 11.6 Å². The Morgan fingerprint density at radius 2 is 1.65 bits per heavy atom. The normalized spacial score (nSPS) is 10.8. The van der Waals surface area contributed by atoms with Crippen molar-refractivity contribution >= 4 is 23.2 Å². The first-order chi connectivity index (χ1) is 12.6. The lowest BCUT2D eigenvalue weighted by atomic mass is 10.2. The van der Waals surface area contributed by atoms with Gasteiger partial charge in [-0.1, -0.05) is 35.9 Å². The van der Waals surface area contributed by atoms with Crippen molar-refractivity contribution in [1.82, 2.24) is 9.55 Å². The van der Waals surface area contributed by atoms with Crippen LogP contribution in [0.5, 0.6) is 0 Å². The Morgan fingerprint density at radius 1 is 1.00 bits per heavy atom. The topological polar surface area (TPSA) is 33.1 Å². The average Bonchev–Trinajstić information content (AvgIpc) is 3.03. The lowest BCUT2D eigenvalue weighted by Gasteiger charge is -2.21. The third-order valence-electron chi connectivity index (χ3n) is 4.64. The number of halogens is 1. The summed E-state index contributed by atoms with van der Waals surface area (Å²) in [6.45, 7) is 7.14. The molecule has 0 bridgehead atoms. The molecule has 26 heavy (non-hydrogen) atoms. The van der Waals surface area contributed by atoms with Gasteiger partial charge in [0, 0.05) is 37.4 Å². The third-order valence-corrected chi connectivity index (χ3v) is 4.90. The van der Waals surface area contributed by atoms with E-state index in [1.54, 1.807) is 0 Å². The van der Waals surface area contributed by atoms with Crippen LogP contribution in [0.4, 0.5) is 11.6 Å². The predicted molar refractivity (Wildman–Crippen MR) is 111 cm³/mol. The number of rotatable bonds is 7. The number of hydrogen-bond acceptors (Lipinski definition) is 3. The highest BCUT2D eigenvalue weighted by Gasteiger charge is 2.08. The Bertz CT molecular complexity index is 833. The van der Waals surface area contributed by atoms with Gasteiger partial charge in [0.05, 0.1) is 11.9 Å². The van der Waals surface area contributed by atoms with Crippen LogP contribution in [-0.2, 0) is 13.6 Å². The van der Waals surface area contributed by atoms with Gasteiger partial charge in [-0.3, -0.25) is 0 Å². The van der Waals surface area contributed by atoms with E-state index in [-0.39, 0.29) is 0 Å². The van der Waals surface area contributed by atoms with Gasteiger partial charge in [0.25, 0.3) is 0 Å². The molecule has 1 N–H and O–H groups in total. The third kappa shape index (κ3) is 4.02. The van der Waals surface area contributed by atoms with E-state index in [9.17, 15) is 0 Å². The summed E-state index contributed by atoms with van der Waals surface area (Å²) < 4.78 is 2.06. The minimum absolute atomic E-state index is 0.738. The zero-order valence-electron chi connectivity index (χ0n) is 15.5. The number of benzene rings is 2. The molecule has 3 rings (SSSR count). The van der Waals surface area contributed by atoms with E-state index in [0.717, 1.165) is 41.9 Å². The van der Waals surface area contributed by atoms with Gasteiger partial charge in [-0.25, -0.2) is 4.98 Å². The number of imidazole rings is 1. The molecule has 0 amide bonds. The summed E-state index contributed by atoms with van der Waals surface area (Å²) in [7, 11) is 2.02. The standard InChI is InChI=1S/C21H25ClN4/c1-4-26(5-2)19-12-6-16(7-13-19)14-23-21-24-15-20(25(21)3)17-8-10-18(22)11-9-17/h6-13,15H,4-5,14H2,1-3H3,(H,23,24). The summed E-state index contributed by atoms with van der Waals surface area (Å²) in [6, 6.07) is 16.5. The van der Waals surface area contributed by atoms with Crippen molar-refractivity contribution in [2.24, 2.45) is 7.05 Å². The van der Waals surface area contributed by atoms with Crippen LogP contribution < -0.4 is 10.2 Å². The summed E-state index contributed by atoms with van der Waals surface area (Å²) >= 11 is 5.97. The first-order valence-corrected chi connectivity index (χ1v) is 9.35. The molecule has 0 radical (unpaired) electrons. The van der Waals surface area contributed by atoms with Gasteiger partial charge in [0.15, 0.2) is 0 Å². The first kappa shape index (κ1) is 18.3. The molecule has 2 aromatic carbocycles. The van der Waals surface area contributed by atoms with Crippen molar-refractivity contribution in [2.45, 2.75) is 20.4 Å². The summed E-state index contributed by atoms with van der Waals surface area (Å²) in [5, 5.41) is 4.16. The van der Waals surface area contributed by atoms with E-state index in [0.29, 0.717) is 0 Å². The highest BCUT2D eigenvalue weighted by Crippen LogP contribution is 2.24. The average molecular weight is 369 g/mol.